The third-order valence-electron chi connectivity index (χ3n) is 2.54. The largest absolute Gasteiger partial charge is 0.481 e. The Balaban J connectivity index is 4.50. The molecule has 0 bridgehead atoms. The van der Waals surface area contributed by atoms with Crippen LogP contribution in [0.5, 0.6) is 0 Å². The molecule has 0 aromatic rings. The highest BCUT2D eigenvalue weighted by Crippen LogP contribution is 2.20. The Morgan fingerprint density at radius 3 is 2.50 bits per heavy atom. The summed E-state index contributed by atoms with van der Waals surface area (Å²) in [7, 11) is 0. The summed E-state index contributed by atoms with van der Waals surface area (Å²) in [6.07, 6.45) is 5.04. The number of hydrogen-bond acceptors (Lipinski definition) is 4. The minimum Gasteiger partial charge on any atom is -0.481 e. The molecule has 5 nitrogen and oxygen atoms in total. The predicted octanol–water partition coefficient (Wildman–Crippen LogP) is 1.58. The van der Waals surface area contributed by atoms with Gasteiger partial charge < -0.3 is 9.84 Å². The zero-order chi connectivity index (χ0) is 14.1. The molecule has 0 aliphatic carbocycles. The molecule has 0 aliphatic heterocycles. The van der Waals surface area contributed by atoms with Gasteiger partial charge in [-0.05, 0) is 26.7 Å². The van der Waals surface area contributed by atoms with Crippen molar-refractivity contribution < 1.29 is 19.4 Å². The second-order valence-corrected chi connectivity index (χ2v) is 4.06. The SMILES string of the molecule is C#CC(C)OC(=O)C(CCCC(=O)O)C(C)C#N. The molecule has 0 heterocycles. The van der Waals surface area contributed by atoms with Gasteiger partial charge in [0.2, 0.25) is 0 Å². The summed E-state index contributed by atoms with van der Waals surface area (Å²) in [5.74, 6) is -0.372. The van der Waals surface area contributed by atoms with Gasteiger partial charge in [0, 0.05) is 6.42 Å². The monoisotopic (exact) mass is 251 g/mol. The first kappa shape index (κ1) is 16.0. The number of esters is 1. The summed E-state index contributed by atoms with van der Waals surface area (Å²) in [6, 6.07) is 1.98. The molecule has 0 aromatic heterocycles. The number of carbonyl (C=O) groups excluding carboxylic acids is 1. The number of rotatable bonds is 7. The van der Waals surface area contributed by atoms with E-state index in [-0.39, 0.29) is 6.42 Å². The number of hydrogen-bond donors (Lipinski definition) is 1. The second-order valence-electron chi connectivity index (χ2n) is 4.06. The number of terminal acetylenes is 1. The highest BCUT2D eigenvalue weighted by molar-refractivity contribution is 5.73. The lowest BCUT2D eigenvalue weighted by molar-refractivity contribution is -0.152. The van der Waals surface area contributed by atoms with Crippen molar-refractivity contribution in [3.63, 3.8) is 0 Å². The van der Waals surface area contributed by atoms with Crippen LogP contribution in [0.1, 0.15) is 33.1 Å². The van der Waals surface area contributed by atoms with Gasteiger partial charge in [0.25, 0.3) is 0 Å². The Labute approximate surface area is 107 Å². The number of ether oxygens (including phenoxy) is 1. The van der Waals surface area contributed by atoms with Crippen LogP contribution in [0.3, 0.4) is 0 Å². The van der Waals surface area contributed by atoms with Crippen LogP contribution in [-0.2, 0) is 14.3 Å². The van der Waals surface area contributed by atoms with Crippen LogP contribution >= 0.6 is 0 Å². The highest BCUT2D eigenvalue weighted by atomic mass is 16.5. The molecule has 98 valence electrons. The molecule has 0 rings (SSSR count). The highest BCUT2D eigenvalue weighted by Gasteiger charge is 2.27. The first-order chi connectivity index (χ1) is 8.42. The molecule has 0 amide bonds. The molecule has 0 radical (unpaired) electrons. The van der Waals surface area contributed by atoms with Crippen molar-refractivity contribution in [1.82, 2.24) is 0 Å². The maximum Gasteiger partial charge on any atom is 0.311 e. The van der Waals surface area contributed by atoms with E-state index in [0.29, 0.717) is 12.8 Å². The maximum absolute atomic E-state index is 11.8. The summed E-state index contributed by atoms with van der Waals surface area (Å²) < 4.78 is 4.97. The average molecular weight is 251 g/mol. The number of nitriles is 1. The molecule has 3 atom stereocenters. The lowest BCUT2D eigenvalue weighted by Gasteiger charge is -2.18. The van der Waals surface area contributed by atoms with Gasteiger partial charge in [-0.25, -0.2) is 0 Å². The van der Waals surface area contributed by atoms with E-state index in [1.165, 1.54) is 0 Å². The van der Waals surface area contributed by atoms with Crippen LogP contribution in [0.25, 0.3) is 0 Å². The fourth-order valence-electron chi connectivity index (χ4n) is 1.43. The van der Waals surface area contributed by atoms with E-state index in [2.05, 4.69) is 5.92 Å². The molecule has 18 heavy (non-hydrogen) atoms. The summed E-state index contributed by atoms with van der Waals surface area (Å²) in [5.41, 5.74) is 0. The van der Waals surface area contributed by atoms with Crippen molar-refractivity contribution in [3.05, 3.63) is 0 Å². The summed E-state index contributed by atoms with van der Waals surface area (Å²) in [4.78, 5) is 22.2. The molecule has 0 aromatic carbocycles. The molecule has 0 spiro atoms. The zero-order valence-corrected chi connectivity index (χ0v) is 10.5. The van der Waals surface area contributed by atoms with Crippen LogP contribution < -0.4 is 0 Å². The van der Waals surface area contributed by atoms with Gasteiger partial charge in [-0.2, -0.15) is 5.26 Å². The van der Waals surface area contributed by atoms with Gasteiger partial charge in [0.05, 0.1) is 17.9 Å². The molecule has 0 saturated carbocycles. The van der Waals surface area contributed by atoms with E-state index in [9.17, 15) is 9.59 Å². The van der Waals surface area contributed by atoms with E-state index in [4.69, 9.17) is 21.5 Å². The van der Waals surface area contributed by atoms with E-state index < -0.39 is 29.9 Å². The van der Waals surface area contributed by atoms with Crippen LogP contribution in [-0.4, -0.2) is 23.1 Å². The van der Waals surface area contributed by atoms with Gasteiger partial charge in [-0.3, -0.25) is 9.59 Å². The average Bonchev–Trinajstić information content (AvgIpc) is 2.32. The van der Waals surface area contributed by atoms with Crippen LogP contribution in [0.15, 0.2) is 0 Å². The van der Waals surface area contributed by atoms with Crippen LogP contribution in [0.2, 0.25) is 0 Å². The first-order valence-corrected chi connectivity index (χ1v) is 5.70. The maximum atomic E-state index is 11.8. The first-order valence-electron chi connectivity index (χ1n) is 5.70. The molecule has 3 unspecified atom stereocenters. The Bertz CT molecular complexity index is 377. The zero-order valence-electron chi connectivity index (χ0n) is 10.5. The number of aliphatic carboxylic acids is 1. The fourth-order valence-corrected chi connectivity index (χ4v) is 1.43. The van der Waals surface area contributed by atoms with Gasteiger partial charge in [-0.15, -0.1) is 6.42 Å². The molecule has 0 saturated heterocycles. The number of carboxylic acid groups (broad SMARTS) is 1. The summed E-state index contributed by atoms with van der Waals surface area (Å²) >= 11 is 0. The second kappa shape index (κ2) is 8.14. The van der Waals surface area contributed by atoms with Crippen LogP contribution in [0.4, 0.5) is 0 Å². The van der Waals surface area contributed by atoms with Gasteiger partial charge in [0.15, 0.2) is 6.10 Å². The van der Waals surface area contributed by atoms with E-state index in [1.54, 1.807) is 13.8 Å². The summed E-state index contributed by atoms with van der Waals surface area (Å²) in [5, 5.41) is 17.4. The number of carbonyl (C=O) groups is 2. The number of carboxylic acids is 1. The smallest absolute Gasteiger partial charge is 0.311 e. The predicted molar refractivity (Wildman–Crippen MR) is 64.1 cm³/mol. The summed E-state index contributed by atoms with van der Waals surface area (Å²) in [6.45, 7) is 3.16. The minimum absolute atomic E-state index is 0.0351. The van der Waals surface area contributed by atoms with E-state index in [0.717, 1.165) is 0 Å². The molecule has 1 N–H and O–H groups in total. The van der Waals surface area contributed by atoms with Crippen molar-refractivity contribution in [1.29, 1.82) is 5.26 Å². The molecular weight excluding hydrogens is 234 g/mol. The van der Waals surface area contributed by atoms with Crippen LogP contribution in [0, 0.1) is 35.5 Å². The van der Waals surface area contributed by atoms with Crippen molar-refractivity contribution in [2.45, 2.75) is 39.2 Å². The normalized spacial score (nSPS) is 14.7. The van der Waals surface area contributed by atoms with Crippen molar-refractivity contribution >= 4 is 11.9 Å². The van der Waals surface area contributed by atoms with Gasteiger partial charge in [0.1, 0.15) is 0 Å². The molecule has 5 heteroatoms. The molecular formula is C13H17NO4. The third-order valence-corrected chi connectivity index (χ3v) is 2.54. The lowest BCUT2D eigenvalue weighted by Crippen LogP contribution is -2.26. The standard InChI is InChI=1S/C13H17NO4/c1-4-10(3)18-13(17)11(9(2)8-14)6-5-7-12(15)16/h1,9-11H,5-7H2,2-3H3,(H,15,16). The molecule has 0 fully saturated rings. The van der Waals surface area contributed by atoms with Crippen molar-refractivity contribution in [2.75, 3.05) is 0 Å². The molecule has 0 aliphatic rings. The van der Waals surface area contributed by atoms with Crippen molar-refractivity contribution in [3.8, 4) is 18.4 Å². The van der Waals surface area contributed by atoms with E-state index >= 15 is 0 Å². The van der Waals surface area contributed by atoms with E-state index in [1.807, 2.05) is 6.07 Å². The Kier molecular flexibility index (Phi) is 7.23. The fraction of sp³-hybridized carbons (Fsp3) is 0.615. The Morgan fingerprint density at radius 2 is 2.06 bits per heavy atom. The number of nitrogens with zero attached hydrogens (tertiary/aromatic N) is 1. The topological polar surface area (TPSA) is 87.4 Å². The Morgan fingerprint density at radius 1 is 1.44 bits per heavy atom. The van der Waals surface area contributed by atoms with Gasteiger partial charge in [-0.1, -0.05) is 5.92 Å². The quantitative estimate of drug-likeness (QED) is 0.548. The lowest BCUT2D eigenvalue weighted by atomic mass is 9.90. The minimum atomic E-state index is -0.927. The van der Waals surface area contributed by atoms with Gasteiger partial charge >= 0.3 is 11.9 Å². The third kappa shape index (κ3) is 5.91. The Hall–Kier alpha value is -2.01. The van der Waals surface area contributed by atoms with Crippen molar-refractivity contribution in [2.24, 2.45) is 11.8 Å².